The second kappa shape index (κ2) is 8.44. The Labute approximate surface area is 102 Å². The first kappa shape index (κ1) is 14.4. The predicted octanol–water partition coefficient (Wildman–Crippen LogP) is 0.459. The summed E-state index contributed by atoms with van der Waals surface area (Å²) in [4.78, 5) is 11.1. The van der Waals surface area contributed by atoms with Gasteiger partial charge in [-0.2, -0.15) is 0 Å². The zero-order valence-corrected chi connectivity index (χ0v) is 10.5. The number of rotatable bonds is 7. The van der Waals surface area contributed by atoms with Crippen LogP contribution in [0.3, 0.4) is 0 Å². The van der Waals surface area contributed by atoms with Gasteiger partial charge in [-0.15, -0.1) is 0 Å². The molecule has 0 aromatic rings. The lowest BCUT2D eigenvalue weighted by molar-refractivity contribution is -0.145. The van der Waals surface area contributed by atoms with Crippen LogP contribution in [0.2, 0.25) is 0 Å². The fourth-order valence-electron chi connectivity index (χ4n) is 1.86. The fourth-order valence-corrected chi connectivity index (χ4v) is 1.86. The number of aliphatic hydroxyl groups is 1. The van der Waals surface area contributed by atoms with Crippen LogP contribution in [0.1, 0.15) is 32.6 Å². The van der Waals surface area contributed by atoms with Gasteiger partial charge in [0.1, 0.15) is 0 Å². The minimum absolute atomic E-state index is 0.0480. The fraction of sp³-hybridized carbons (Fsp3) is 0.917. The monoisotopic (exact) mass is 245 g/mol. The van der Waals surface area contributed by atoms with E-state index in [1.807, 2.05) is 0 Å². The molecule has 2 unspecified atom stereocenters. The number of aliphatic hydroxyl groups excluding tert-OH is 1. The maximum Gasteiger partial charge on any atom is 0.308 e. The van der Waals surface area contributed by atoms with Crippen LogP contribution in [-0.2, 0) is 14.3 Å². The molecule has 0 spiro atoms. The Morgan fingerprint density at radius 1 is 1.59 bits per heavy atom. The number of hydrogen-bond acceptors (Lipinski definition) is 5. The molecule has 1 saturated heterocycles. The summed E-state index contributed by atoms with van der Waals surface area (Å²) in [6.45, 7) is 4.08. The van der Waals surface area contributed by atoms with Gasteiger partial charge >= 0.3 is 5.97 Å². The molecule has 5 nitrogen and oxygen atoms in total. The summed E-state index contributed by atoms with van der Waals surface area (Å²) >= 11 is 0. The molecule has 100 valence electrons. The molecule has 0 bridgehead atoms. The average Bonchev–Trinajstić information content (AvgIpc) is 2.30. The highest BCUT2D eigenvalue weighted by Crippen LogP contribution is 2.11. The van der Waals surface area contributed by atoms with Gasteiger partial charge in [-0.25, -0.2) is 0 Å². The largest absolute Gasteiger partial charge is 0.466 e. The summed E-state index contributed by atoms with van der Waals surface area (Å²) in [6.07, 6.45) is 3.03. The van der Waals surface area contributed by atoms with Gasteiger partial charge in [0.2, 0.25) is 0 Å². The van der Waals surface area contributed by atoms with Crippen molar-refractivity contribution in [2.75, 3.05) is 26.3 Å². The first-order valence-corrected chi connectivity index (χ1v) is 6.38. The van der Waals surface area contributed by atoms with Gasteiger partial charge in [0.15, 0.2) is 0 Å². The molecule has 1 aliphatic heterocycles. The van der Waals surface area contributed by atoms with Crippen LogP contribution >= 0.6 is 0 Å². The Morgan fingerprint density at radius 3 is 3.06 bits per heavy atom. The summed E-state index contributed by atoms with van der Waals surface area (Å²) in [6, 6.07) is 0. The van der Waals surface area contributed by atoms with Gasteiger partial charge in [-0.1, -0.05) is 0 Å². The van der Waals surface area contributed by atoms with Crippen molar-refractivity contribution in [3.05, 3.63) is 0 Å². The third kappa shape index (κ3) is 6.61. The molecule has 5 heteroatoms. The molecule has 0 radical (unpaired) electrons. The normalized spacial score (nSPS) is 22.1. The molecule has 1 rings (SSSR count). The standard InChI is InChI=1S/C12H23NO4/c1-2-16-12(15)7-10(14)8-13-9-11-5-3-4-6-17-11/h10-11,13-14H,2-9H2,1H3. The predicted molar refractivity (Wildman–Crippen MR) is 63.7 cm³/mol. The third-order valence-electron chi connectivity index (χ3n) is 2.73. The van der Waals surface area contributed by atoms with Crippen LogP contribution < -0.4 is 5.32 Å². The smallest absolute Gasteiger partial charge is 0.308 e. The maximum atomic E-state index is 11.1. The molecule has 0 saturated carbocycles. The number of esters is 1. The zero-order chi connectivity index (χ0) is 12.5. The van der Waals surface area contributed by atoms with E-state index in [0.717, 1.165) is 26.0 Å². The van der Waals surface area contributed by atoms with Crippen LogP contribution in [-0.4, -0.2) is 49.6 Å². The minimum atomic E-state index is -0.683. The van der Waals surface area contributed by atoms with Crippen molar-refractivity contribution >= 4 is 5.97 Å². The van der Waals surface area contributed by atoms with Crippen molar-refractivity contribution < 1.29 is 19.4 Å². The lowest BCUT2D eigenvalue weighted by Gasteiger charge is -2.23. The summed E-state index contributed by atoms with van der Waals surface area (Å²) in [5, 5.41) is 12.7. The van der Waals surface area contributed by atoms with Crippen molar-refractivity contribution in [1.29, 1.82) is 0 Å². The Bertz CT molecular complexity index is 217. The second-order valence-corrected chi connectivity index (χ2v) is 4.31. The second-order valence-electron chi connectivity index (χ2n) is 4.31. The molecule has 0 aliphatic carbocycles. The topological polar surface area (TPSA) is 67.8 Å². The van der Waals surface area contributed by atoms with Crippen molar-refractivity contribution in [2.24, 2.45) is 0 Å². The van der Waals surface area contributed by atoms with Gasteiger partial charge in [0.05, 0.1) is 25.2 Å². The highest BCUT2D eigenvalue weighted by atomic mass is 16.5. The van der Waals surface area contributed by atoms with E-state index in [-0.39, 0.29) is 18.5 Å². The first-order valence-electron chi connectivity index (χ1n) is 6.38. The number of nitrogens with one attached hydrogen (secondary N) is 1. The first-order chi connectivity index (χ1) is 8.22. The molecule has 17 heavy (non-hydrogen) atoms. The number of hydrogen-bond donors (Lipinski definition) is 2. The molecule has 0 aromatic carbocycles. The Morgan fingerprint density at radius 2 is 2.41 bits per heavy atom. The number of ether oxygens (including phenoxy) is 2. The van der Waals surface area contributed by atoms with Crippen LogP contribution in [0.4, 0.5) is 0 Å². The molecule has 1 fully saturated rings. The molecule has 1 aliphatic rings. The number of carbonyl (C=O) groups excluding carboxylic acids is 1. The Balaban J connectivity index is 2.02. The van der Waals surface area contributed by atoms with Gasteiger partial charge in [-0.3, -0.25) is 4.79 Å². The van der Waals surface area contributed by atoms with Gasteiger partial charge < -0.3 is 19.9 Å². The van der Waals surface area contributed by atoms with E-state index in [1.165, 1.54) is 6.42 Å². The summed E-state index contributed by atoms with van der Waals surface area (Å²) in [5.41, 5.74) is 0. The van der Waals surface area contributed by atoms with Crippen LogP contribution in [0.5, 0.6) is 0 Å². The molecule has 2 N–H and O–H groups in total. The zero-order valence-electron chi connectivity index (χ0n) is 10.5. The van der Waals surface area contributed by atoms with Gasteiger partial charge in [-0.05, 0) is 26.2 Å². The van der Waals surface area contributed by atoms with Crippen molar-refractivity contribution in [2.45, 2.75) is 44.8 Å². The van der Waals surface area contributed by atoms with E-state index in [2.05, 4.69) is 5.32 Å². The molecule has 0 aromatic heterocycles. The third-order valence-corrected chi connectivity index (χ3v) is 2.73. The lowest BCUT2D eigenvalue weighted by Crippen LogP contribution is -2.36. The molecular weight excluding hydrogens is 222 g/mol. The van der Waals surface area contributed by atoms with Gasteiger partial charge in [0, 0.05) is 19.7 Å². The van der Waals surface area contributed by atoms with E-state index in [9.17, 15) is 9.90 Å². The van der Waals surface area contributed by atoms with Crippen molar-refractivity contribution in [1.82, 2.24) is 5.32 Å². The molecule has 2 atom stereocenters. The van der Waals surface area contributed by atoms with Crippen LogP contribution in [0.15, 0.2) is 0 Å². The highest BCUT2D eigenvalue weighted by molar-refractivity contribution is 5.69. The molecular formula is C12H23NO4. The van der Waals surface area contributed by atoms with Crippen molar-refractivity contribution in [3.8, 4) is 0 Å². The van der Waals surface area contributed by atoms with Crippen LogP contribution in [0, 0.1) is 0 Å². The van der Waals surface area contributed by atoms with E-state index in [1.54, 1.807) is 6.92 Å². The van der Waals surface area contributed by atoms with Gasteiger partial charge in [0.25, 0.3) is 0 Å². The Kier molecular flexibility index (Phi) is 7.16. The van der Waals surface area contributed by atoms with E-state index < -0.39 is 6.10 Å². The summed E-state index contributed by atoms with van der Waals surface area (Å²) in [7, 11) is 0. The molecule has 1 heterocycles. The molecule has 0 amide bonds. The highest BCUT2D eigenvalue weighted by Gasteiger charge is 2.15. The average molecular weight is 245 g/mol. The van der Waals surface area contributed by atoms with Crippen LogP contribution in [0.25, 0.3) is 0 Å². The van der Waals surface area contributed by atoms with E-state index >= 15 is 0 Å². The summed E-state index contributed by atoms with van der Waals surface area (Å²) < 4.78 is 10.3. The van der Waals surface area contributed by atoms with E-state index in [4.69, 9.17) is 9.47 Å². The SMILES string of the molecule is CCOC(=O)CC(O)CNCC1CCCCO1. The quantitative estimate of drug-likeness (QED) is 0.638. The van der Waals surface area contributed by atoms with Crippen molar-refractivity contribution in [3.63, 3.8) is 0 Å². The Hall–Kier alpha value is -0.650. The lowest BCUT2D eigenvalue weighted by atomic mass is 10.1. The van der Waals surface area contributed by atoms with E-state index in [0.29, 0.717) is 13.2 Å². The minimum Gasteiger partial charge on any atom is -0.466 e. The summed E-state index contributed by atoms with van der Waals surface area (Å²) in [5.74, 6) is -0.351. The maximum absolute atomic E-state index is 11.1. The number of carbonyl (C=O) groups is 1.